The van der Waals surface area contributed by atoms with Gasteiger partial charge in [-0.2, -0.15) is 0 Å². The molecule has 0 bridgehead atoms. The van der Waals surface area contributed by atoms with Gasteiger partial charge >= 0.3 is 5.97 Å². The van der Waals surface area contributed by atoms with Crippen LogP contribution in [0.4, 0.5) is 5.69 Å². The maximum absolute atomic E-state index is 12.3. The van der Waals surface area contributed by atoms with Crippen molar-refractivity contribution in [1.29, 1.82) is 0 Å². The van der Waals surface area contributed by atoms with Gasteiger partial charge in [-0.1, -0.05) is 49.6 Å². The van der Waals surface area contributed by atoms with Crippen LogP contribution in [-0.4, -0.2) is 30.3 Å². The second-order valence-electron chi connectivity index (χ2n) is 8.71. The van der Waals surface area contributed by atoms with E-state index >= 15 is 0 Å². The van der Waals surface area contributed by atoms with E-state index in [1.165, 1.54) is 12.0 Å². The van der Waals surface area contributed by atoms with Crippen molar-refractivity contribution in [2.24, 2.45) is 5.92 Å². The Bertz CT molecular complexity index is 986. The fourth-order valence-electron chi connectivity index (χ4n) is 3.97. The Morgan fingerprint density at radius 1 is 0.829 bits per heavy atom. The van der Waals surface area contributed by atoms with Crippen molar-refractivity contribution < 1.29 is 23.9 Å². The number of benzene rings is 2. The maximum atomic E-state index is 12.3. The van der Waals surface area contributed by atoms with Gasteiger partial charge in [0.25, 0.3) is 5.91 Å². The number of amides is 3. The van der Waals surface area contributed by atoms with Gasteiger partial charge in [-0.15, -0.1) is 0 Å². The molecule has 1 saturated carbocycles. The van der Waals surface area contributed by atoms with E-state index in [1.54, 1.807) is 24.3 Å². The maximum Gasteiger partial charge on any atom is 0.306 e. The van der Waals surface area contributed by atoms with Crippen LogP contribution in [0.1, 0.15) is 67.3 Å². The predicted octanol–water partition coefficient (Wildman–Crippen LogP) is 3.92. The Labute approximate surface area is 205 Å². The molecule has 8 heteroatoms. The monoisotopic (exact) mass is 479 g/mol. The Hall–Kier alpha value is -3.68. The van der Waals surface area contributed by atoms with Crippen molar-refractivity contribution in [3.8, 4) is 0 Å². The summed E-state index contributed by atoms with van der Waals surface area (Å²) in [5, 5.41) is 2.90. The fourth-order valence-corrected chi connectivity index (χ4v) is 3.97. The zero-order valence-corrected chi connectivity index (χ0v) is 19.9. The molecule has 0 saturated heterocycles. The normalized spacial score (nSPS) is 13.5. The molecule has 1 fully saturated rings. The lowest BCUT2D eigenvalue weighted by molar-refractivity contribution is -0.145. The van der Waals surface area contributed by atoms with Crippen LogP contribution in [-0.2, 0) is 25.5 Å². The number of ether oxygens (including phenoxy) is 1. The van der Waals surface area contributed by atoms with E-state index < -0.39 is 17.8 Å². The van der Waals surface area contributed by atoms with Crippen molar-refractivity contribution in [3.05, 3.63) is 65.7 Å². The molecule has 0 aliphatic heterocycles. The summed E-state index contributed by atoms with van der Waals surface area (Å²) in [4.78, 5) is 48.3. The summed E-state index contributed by atoms with van der Waals surface area (Å²) in [6.45, 7) is 0.295. The first-order valence-electron chi connectivity index (χ1n) is 12.2. The average molecular weight is 480 g/mol. The fraction of sp³-hybridized carbons (Fsp3) is 0.407. The summed E-state index contributed by atoms with van der Waals surface area (Å²) in [6, 6.07) is 16.4. The predicted molar refractivity (Wildman–Crippen MR) is 132 cm³/mol. The number of esters is 1. The quantitative estimate of drug-likeness (QED) is 0.272. The minimum Gasteiger partial charge on any atom is -0.466 e. The van der Waals surface area contributed by atoms with Crippen molar-refractivity contribution in [1.82, 2.24) is 10.9 Å². The molecule has 0 aromatic heterocycles. The molecule has 35 heavy (non-hydrogen) atoms. The van der Waals surface area contributed by atoms with E-state index in [4.69, 9.17) is 4.74 Å². The van der Waals surface area contributed by atoms with Crippen LogP contribution in [0.5, 0.6) is 0 Å². The molecule has 1 aliphatic rings. The van der Waals surface area contributed by atoms with Crippen LogP contribution in [0.15, 0.2) is 54.6 Å². The van der Waals surface area contributed by atoms with Crippen molar-refractivity contribution >= 4 is 29.4 Å². The highest BCUT2D eigenvalue weighted by Crippen LogP contribution is 2.25. The molecule has 0 spiro atoms. The van der Waals surface area contributed by atoms with Crippen molar-refractivity contribution in [2.75, 3.05) is 11.9 Å². The van der Waals surface area contributed by atoms with Gasteiger partial charge in [0, 0.05) is 23.6 Å². The highest BCUT2D eigenvalue weighted by atomic mass is 16.5. The number of hydrazine groups is 1. The summed E-state index contributed by atoms with van der Waals surface area (Å²) >= 11 is 0. The van der Waals surface area contributed by atoms with Crippen LogP contribution in [0.3, 0.4) is 0 Å². The Kier molecular flexibility index (Phi) is 10.3. The molecule has 0 heterocycles. The minimum atomic E-state index is -0.494. The van der Waals surface area contributed by atoms with Gasteiger partial charge in [0.1, 0.15) is 0 Å². The lowest BCUT2D eigenvalue weighted by atomic mass is 9.88. The zero-order chi connectivity index (χ0) is 24.9. The molecular weight excluding hydrogens is 446 g/mol. The standard InChI is InChI=1S/C27H33N3O5/c31-24(17-18-25(32)35-19-7-10-20-8-3-1-4-9-20)29-30-27(34)22-13-15-23(16-14-22)28-26(33)21-11-5-2-6-12-21/h1,3-4,8-9,13-16,21H,2,5-7,10-12,17-19H2,(H,28,33)(H,29,31)(H,30,34). The van der Waals surface area contributed by atoms with Gasteiger partial charge in [0.2, 0.25) is 11.8 Å². The van der Waals surface area contributed by atoms with E-state index in [9.17, 15) is 19.2 Å². The third kappa shape index (κ3) is 9.23. The number of anilines is 1. The van der Waals surface area contributed by atoms with Gasteiger partial charge in [-0.05, 0) is 55.5 Å². The Morgan fingerprint density at radius 2 is 1.54 bits per heavy atom. The largest absolute Gasteiger partial charge is 0.466 e. The summed E-state index contributed by atoms with van der Waals surface area (Å²) in [6.07, 6.45) is 6.54. The summed E-state index contributed by atoms with van der Waals surface area (Å²) in [7, 11) is 0. The SMILES string of the molecule is O=C(CCC(=O)OCCCc1ccccc1)NNC(=O)c1ccc(NC(=O)C2CCCCC2)cc1. The zero-order valence-electron chi connectivity index (χ0n) is 19.9. The summed E-state index contributed by atoms with van der Waals surface area (Å²) in [5.41, 5.74) is 6.76. The molecule has 1 aliphatic carbocycles. The third-order valence-corrected chi connectivity index (χ3v) is 5.98. The van der Waals surface area contributed by atoms with Crippen LogP contribution in [0.2, 0.25) is 0 Å². The van der Waals surface area contributed by atoms with E-state index in [0.717, 1.165) is 32.1 Å². The molecular formula is C27H33N3O5. The molecule has 0 atom stereocenters. The van der Waals surface area contributed by atoms with Crippen LogP contribution < -0.4 is 16.2 Å². The number of hydrogen-bond acceptors (Lipinski definition) is 5. The van der Waals surface area contributed by atoms with Crippen molar-refractivity contribution in [3.63, 3.8) is 0 Å². The van der Waals surface area contributed by atoms with Gasteiger partial charge < -0.3 is 10.1 Å². The van der Waals surface area contributed by atoms with E-state index in [0.29, 0.717) is 24.3 Å². The number of aryl methyl sites for hydroxylation is 1. The van der Waals surface area contributed by atoms with E-state index in [1.807, 2.05) is 30.3 Å². The lowest BCUT2D eigenvalue weighted by Gasteiger charge is -2.20. The van der Waals surface area contributed by atoms with Gasteiger partial charge in [0.15, 0.2) is 0 Å². The molecule has 3 amide bonds. The number of rotatable bonds is 10. The molecule has 8 nitrogen and oxygen atoms in total. The highest BCUT2D eigenvalue weighted by Gasteiger charge is 2.21. The second-order valence-corrected chi connectivity index (χ2v) is 8.71. The average Bonchev–Trinajstić information content (AvgIpc) is 2.90. The third-order valence-electron chi connectivity index (χ3n) is 5.98. The van der Waals surface area contributed by atoms with E-state index in [-0.39, 0.29) is 24.7 Å². The molecule has 2 aromatic carbocycles. The first-order chi connectivity index (χ1) is 17.0. The minimum absolute atomic E-state index is 0.0175. The summed E-state index contributed by atoms with van der Waals surface area (Å²) in [5.74, 6) is -1.37. The Balaban J connectivity index is 1.29. The smallest absolute Gasteiger partial charge is 0.306 e. The number of nitrogens with one attached hydrogen (secondary N) is 3. The molecule has 0 radical (unpaired) electrons. The van der Waals surface area contributed by atoms with Crippen LogP contribution in [0, 0.1) is 5.92 Å². The Morgan fingerprint density at radius 3 is 2.26 bits per heavy atom. The topological polar surface area (TPSA) is 114 Å². The van der Waals surface area contributed by atoms with Gasteiger partial charge in [-0.3, -0.25) is 30.0 Å². The molecule has 3 rings (SSSR count). The second kappa shape index (κ2) is 13.9. The summed E-state index contributed by atoms with van der Waals surface area (Å²) < 4.78 is 5.15. The van der Waals surface area contributed by atoms with Crippen molar-refractivity contribution in [2.45, 2.75) is 57.8 Å². The van der Waals surface area contributed by atoms with Gasteiger partial charge in [0.05, 0.1) is 13.0 Å². The number of carbonyl (C=O) groups is 4. The highest BCUT2D eigenvalue weighted by molar-refractivity contribution is 5.97. The first kappa shape index (κ1) is 25.9. The molecule has 3 N–H and O–H groups in total. The van der Waals surface area contributed by atoms with Gasteiger partial charge in [-0.25, -0.2) is 0 Å². The molecule has 0 unspecified atom stereocenters. The number of hydrogen-bond donors (Lipinski definition) is 3. The lowest BCUT2D eigenvalue weighted by Crippen LogP contribution is -2.41. The van der Waals surface area contributed by atoms with E-state index in [2.05, 4.69) is 16.2 Å². The first-order valence-corrected chi connectivity index (χ1v) is 12.2. The molecule has 2 aromatic rings. The molecule has 186 valence electrons. The van der Waals surface area contributed by atoms with Crippen LogP contribution >= 0.6 is 0 Å². The van der Waals surface area contributed by atoms with Crippen LogP contribution in [0.25, 0.3) is 0 Å². The number of carbonyl (C=O) groups excluding carboxylic acids is 4.